The summed E-state index contributed by atoms with van der Waals surface area (Å²) in [7, 11) is 0. The van der Waals surface area contributed by atoms with Crippen LogP contribution in [0.25, 0.3) is 0 Å². The van der Waals surface area contributed by atoms with Gasteiger partial charge in [0.05, 0.1) is 0 Å². The molecule has 2 rings (SSSR count). The molecule has 0 amide bonds. The van der Waals surface area contributed by atoms with Crippen LogP contribution in [-0.4, -0.2) is 5.75 Å². The van der Waals surface area contributed by atoms with Crippen LogP contribution < -0.4 is 0 Å². The lowest BCUT2D eigenvalue weighted by atomic mass is 9.91. The van der Waals surface area contributed by atoms with E-state index in [2.05, 4.69) is 38.2 Å². The van der Waals surface area contributed by atoms with Crippen molar-refractivity contribution in [1.29, 1.82) is 0 Å². The average molecular weight is 178 g/mol. The lowest BCUT2D eigenvalue weighted by molar-refractivity contribution is 0.622. The molecule has 2 aliphatic rings. The van der Waals surface area contributed by atoms with Gasteiger partial charge in [0.25, 0.3) is 0 Å². The third-order valence-electron chi connectivity index (χ3n) is 2.27. The van der Waals surface area contributed by atoms with Crippen molar-refractivity contribution in [3.05, 3.63) is 34.8 Å². The summed E-state index contributed by atoms with van der Waals surface area (Å²) >= 11 is 1.98. The molecule has 0 spiro atoms. The predicted octanol–water partition coefficient (Wildman–Crippen LogP) is 3.53. The molecule has 64 valence electrons. The van der Waals surface area contributed by atoms with Crippen LogP contribution in [0, 0.1) is 5.41 Å². The van der Waals surface area contributed by atoms with Gasteiger partial charge in [0.15, 0.2) is 0 Å². The molecule has 0 saturated carbocycles. The summed E-state index contributed by atoms with van der Waals surface area (Å²) in [4.78, 5) is 1.48. The normalized spacial score (nSPS) is 25.8. The zero-order valence-corrected chi connectivity index (χ0v) is 8.45. The molecule has 1 aliphatic carbocycles. The average Bonchev–Trinajstić information content (AvgIpc) is 2.31. The zero-order chi connectivity index (χ0) is 8.60. The predicted molar refractivity (Wildman–Crippen MR) is 56.2 cm³/mol. The van der Waals surface area contributed by atoms with Gasteiger partial charge >= 0.3 is 0 Å². The van der Waals surface area contributed by atoms with Crippen molar-refractivity contribution >= 4 is 11.8 Å². The number of rotatable bonds is 0. The van der Waals surface area contributed by atoms with E-state index in [1.54, 1.807) is 5.57 Å². The number of allylic oxidation sites excluding steroid dienone is 5. The summed E-state index contributed by atoms with van der Waals surface area (Å²) in [5, 5.41) is 0. The molecular weight excluding hydrogens is 164 g/mol. The van der Waals surface area contributed by atoms with Crippen molar-refractivity contribution in [2.45, 2.75) is 20.3 Å². The lowest BCUT2D eigenvalue weighted by Crippen LogP contribution is -2.02. The maximum atomic E-state index is 2.41. The van der Waals surface area contributed by atoms with E-state index in [9.17, 15) is 0 Å². The number of thioether (sulfide) groups is 1. The first-order valence-corrected chi connectivity index (χ1v) is 5.40. The highest BCUT2D eigenvalue weighted by Gasteiger charge is 2.20. The van der Waals surface area contributed by atoms with Crippen LogP contribution in [0.15, 0.2) is 34.8 Å². The van der Waals surface area contributed by atoms with Crippen LogP contribution in [-0.2, 0) is 0 Å². The van der Waals surface area contributed by atoms with Gasteiger partial charge in [0, 0.05) is 16.1 Å². The Kier molecular flexibility index (Phi) is 1.91. The van der Waals surface area contributed by atoms with E-state index in [-0.39, 0.29) is 5.41 Å². The first kappa shape index (κ1) is 8.18. The second-order valence-electron chi connectivity index (χ2n) is 3.98. The zero-order valence-electron chi connectivity index (χ0n) is 7.63. The Hall–Kier alpha value is -0.430. The molecule has 0 aromatic heterocycles. The molecule has 1 aliphatic heterocycles. The highest BCUT2D eigenvalue weighted by Crippen LogP contribution is 2.40. The van der Waals surface area contributed by atoms with Crippen molar-refractivity contribution in [3.8, 4) is 0 Å². The summed E-state index contributed by atoms with van der Waals surface area (Å²) < 4.78 is 0. The van der Waals surface area contributed by atoms with E-state index in [0.29, 0.717) is 0 Å². The van der Waals surface area contributed by atoms with Crippen LogP contribution in [0.3, 0.4) is 0 Å². The molecule has 1 fully saturated rings. The van der Waals surface area contributed by atoms with Gasteiger partial charge in [0.1, 0.15) is 0 Å². The Bertz CT molecular complexity index is 279. The standard InChI is InChI=1S/C11H14S/c1-11(2)6-3-4-10-9(8-11)5-7-12-10/h3-4,6,8H,5,7H2,1-2H3. The Morgan fingerprint density at radius 2 is 2.25 bits per heavy atom. The van der Waals surface area contributed by atoms with Crippen molar-refractivity contribution in [2.24, 2.45) is 5.41 Å². The second kappa shape index (κ2) is 2.81. The molecule has 0 unspecified atom stereocenters. The Balaban J connectivity index is 2.40. The molecule has 0 bridgehead atoms. The fourth-order valence-electron chi connectivity index (χ4n) is 1.67. The Labute approximate surface area is 78.4 Å². The third-order valence-corrected chi connectivity index (χ3v) is 3.38. The van der Waals surface area contributed by atoms with Crippen LogP contribution >= 0.6 is 11.8 Å². The lowest BCUT2D eigenvalue weighted by Gasteiger charge is -2.14. The quantitative estimate of drug-likeness (QED) is 0.547. The molecule has 1 heterocycles. The van der Waals surface area contributed by atoms with E-state index >= 15 is 0 Å². The summed E-state index contributed by atoms with van der Waals surface area (Å²) in [6, 6.07) is 0. The van der Waals surface area contributed by atoms with Gasteiger partial charge in [0.2, 0.25) is 0 Å². The Morgan fingerprint density at radius 3 is 3.08 bits per heavy atom. The van der Waals surface area contributed by atoms with Gasteiger partial charge in [-0.15, -0.1) is 11.8 Å². The first-order chi connectivity index (χ1) is 5.67. The van der Waals surface area contributed by atoms with E-state index < -0.39 is 0 Å². The van der Waals surface area contributed by atoms with Crippen molar-refractivity contribution < 1.29 is 0 Å². The van der Waals surface area contributed by atoms with E-state index in [1.807, 2.05) is 11.8 Å². The molecule has 0 N–H and O–H groups in total. The van der Waals surface area contributed by atoms with Gasteiger partial charge in [-0.2, -0.15) is 0 Å². The van der Waals surface area contributed by atoms with Crippen LogP contribution in [0.1, 0.15) is 20.3 Å². The maximum Gasteiger partial charge on any atom is 0.0101 e. The van der Waals surface area contributed by atoms with Gasteiger partial charge in [-0.05, 0) is 18.1 Å². The van der Waals surface area contributed by atoms with Crippen molar-refractivity contribution in [2.75, 3.05) is 5.75 Å². The molecule has 0 nitrogen and oxygen atoms in total. The summed E-state index contributed by atoms with van der Waals surface area (Å²) in [6.07, 6.45) is 10.4. The monoisotopic (exact) mass is 178 g/mol. The fraction of sp³-hybridized carbons (Fsp3) is 0.455. The van der Waals surface area contributed by atoms with Gasteiger partial charge in [-0.25, -0.2) is 0 Å². The molecule has 12 heavy (non-hydrogen) atoms. The topological polar surface area (TPSA) is 0 Å². The summed E-state index contributed by atoms with van der Waals surface area (Å²) in [6.45, 7) is 4.52. The van der Waals surface area contributed by atoms with Crippen molar-refractivity contribution in [3.63, 3.8) is 0 Å². The number of hydrogen-bond donors (Lipinski definition) is 0. The Morgan fingerprint density at radius 1 is 1.42 bits per heavy atom. The molecule has 1 saturated heterocycles. The maximum absolute atomic E-state index is 2.41. The van der Waals surface area contributed by atoms with Gasteiger partial charge in [-0.3, -0.25) is 0 Å². The first-order valence-electron chi connectivity index (χ1n) is 4.42. The molecule has 0 atom stereocenters. The smallest absolute Gasteiger partial charge is 0.0101 e. The van der Waals surface area contributed by atoms with Crippen LogP contribution in [0.2, 0.25) is 0 Å². The SMILES string of the molecule is CC1(C)C=CC=C2SCCC2=C1. The molecule has 0 aromatic rings. The summed E-state index contributed by atoms with van der Waals surface area (Å²) in [5.41, 5.74) is 1.80. The van der Waals surface area contributed by atoms with Crippen LogP contribution in [0.5, 0.6) is 0 Å². The largest absolute Gasteiger partial charge is 0.126 e. The van der Waals surface area contributed by atoms with E-state index in [0.717, 1.165) is 0 Å². The molecule has 1 heteroatoms. The molecule has 0 aromatic carbocycles. The van der Waals surface area contributed by atoms with Crippen LogP contribution in [0.4, 0.5) is 0 Å². The van der Waals surface area contributed by atoms with E-state index in [1.165, 1.54) is 17.1 Å². The molecular formula is C11H14S. The second-order valence-corrected chi connectivity index (χ2v) is 5.12. The minimum atomic E-state index is 0.248. The summed E-state index contributed by atoms with van der Waals surface area (Å²) in [5.74, 6) is 1.27. The minimum Gasteiger partial charge on any atom is -0.126 e. The van der Waals surface area contributed by atoms with E-state index in [4.69, 9.17) is 0 Å². The van der Waals surface area contributed by atoms with Gasteiger partial charge in [-0.1, -0.05) is 32.1 Å². The molecule has 0 radical (unpaired) electrons. The highest BCUT2D eigenvalue weighted by molar-refractivity contribution is 8.03. The number of hydrogen-bond acceptors (Lipinski definition) is 1. The fourth-order valence-corrected chi connectivity index (χ4v) is 2.73. The third kappa shape index (κ3) is 1.51. The van der Waals surface area contributed by atoms with Gasteiger partial charge < -0.3 is 0 Å². The number of fused-ring (bicyclic) bond motifs is 1. The highest BCUT2D eigenvalue weighted by atomic mass is 32.2. The minimum absolute atomic E-state index is 0.248. The van der Waals surface area contributed by atoms with Crippen molar-refractivity contribution in [1.82, 2.24) is 0 Å².